The van der Waals surface area contributed by atoms with E-state index in [1.165, 1.54) is 22.3 Å². The molecule has 2 aromatic carbocycles. The van der Waals surface area contributed by atoms with Crippen LogP contribution in [0, 0.1) is 11.8 Å². The molecule has 2 aliphatic rings. The van der Waals surface area contributed by atoms with Crippen molar-refractivity contribution >= 4 is 12.0 Å². The van der Waals surface area contributed by atoms with Crippen LogP contribution in [0.25, 0.3) is 11.1 Å². The number of nitrogens with zero attached hydrogens (tertiary/aromatic N) is 1. The Hall–Kier alpha value is -2.82. The van der Waals surface area contributed by atoms with Crippen LogP contribution >= 0.6 is 0 Å². The Balaban J connectivity index is 1.30. The SMILES string of the molecule is CC(C)C(=O)NCC1CCN(C(=O)OCC2c3ccccc3-c3ccccc32)CC1. The van der Waals surface area contributed by atoms with Crippen molar-refractivity contribution in [2.75, 3.05) is 26.2 Å². The second kappa shape index (κ2) is 8.90. The van der Waals surface area contributed by atoms with Gasteiger partial charge in [0, 0.05) is 31.5 Å². The summed E-state index contributed by atoms with van der Waals surface area (Å²) in [6, 6.07) is 16.7. The molecule has 0 radical (unpaired) electrons. The molecule has 2 amide bonds. The van der Waals surface area contributed by atoms with Crippen LogP contribution in [-0.4, -0.2) is 43.1 Å². The van der Waals surface area contributed by atoms with E-state index in [-0.39, 0.29) is 23.8 Å². The summed E-state index contributed by atoms with van der Waals surface area (Å²) >= 11 is 0. The van der Waals surface area contributed by atoms with E-state index in [9.17, 15) is 9.59 Å². The van der Waals surface area contributed by atoms with Gasteiger partial charge >= 0.3 is 6.09 Å². The minimum absolute atomic E-state index is 0.00548. The molecule has 1 aliphatic heterocycles. The summed E-state index contributed by atoms with van der Waals surface area (Å²) in [7, 11) is 0. The Kier molecular flexibility index (Phi) is 6.07. The van der Waals surface area contributed by atoms with Crippen LogP contribution in [0.15, 0.2) is 48.5 Å². The molecular formula is C25H30N2O3. The van der Waals surface area contributed by atoms with Gasteiger partial charge in [-0.05, 0) is 41.0 Å². The van der Waals surface area contributed by atoms with Crippen molar-refractivity contribution in [3.8, 4) is 11.1 Å². The zero-order chi connectivity index (χ0) is 21.1. The summed E-state index contributed by atoms with van der Waals surface area (Å²) in [4.78, 5) is 26.2. The van der Waals surface area contributed by atoms with Gasteiger partial charge in [-0.25, -0.2) is 4.79 Å². The van der Waals surface area contributed by atoms with Gasteiger partial charge in [0.15, 0.2) is 0 Å². The summed E-state index contributed by atoms with van der Waals surface area (Å²) in [5, 5.41) is 3.00. The number of carbonyl (C=O) groups excluding carboxylic acids is 2. The highest BCUT2D eigenvalue weighted by Crippen LogP contribution is 2.44. The number of ether oxygens (including phenoxy) is 1. The molecule has 1 N–H and O–H groups in total. The van der Waals surface area contributed by atoms with Gasteiger partial charge in [0.05, 0.1) is 0 Å². The number of benzene rings is 2. The van der Waals surface area contributed by atoms with Gasteiger partial charge in [-0.2, -0.15) is 0 Å². The van der Waals surface area contributed by atoms with Gasteiger partial charge < -0.3 is 15.0 Å². The van der Waals surface area contributed by atoms with E-state index in [2.05, 4.69) is 41.7 Å². The second-order valence-electron chi connectivity index (χ2n) is 8.63. The lowest BCUT2D eigenvalue weighted by atomic mass is 9.97. The maximum absolute atomic E-state index is 12.7. The van der Waals surface area contributed by atoms with Crippen molar-refractivity contribution in [2.45, 2.75) is 32.6 Å². The van der Waals surface area contributed by atoms with Gasteiger partial charge in [0.2, 0.25) is 5.91 Å². The number of piperidine rings is 1. The molecule has 0 spiro atoms. The fourth-order valence-corrected chi connectivity index (χ4v) is 4.45. The maximum Gasteiger partial charge on any atom is 0.409 e. The average molecular weight is 407 g/mol. The van der Waals surface area contributed by atoms with Crippen molar-refractivity contribution < 1.29 is 14.3 Å². The number of amides is 2. The molecule has 1 heterocycles. The van der Waals surface area contributed by atoms with Crippen LogP contribution in [0.2, 0.25) is 0 Å². The number of hydrogen-bond acceptors (Lipinski definition) is 3. The lowest BCUT2D eigenvalue weighted by Crippen LogP contribution is -2.42. The minimum atomic E-state index is -0.235. The zero-order valence-corrected chi connectivity index (χ0v) is 17.8. The largest absolute Gasteiger partial charge is 0.448 e. The van der Waals surface area contributed by atoms with E-state index in [0.717, 1.165) is 12.8 Å². The highest BCUT2D eigenvalue weighted by atomic mass is 16.6. The molecule has 1 aliphatic carbocycles. The number of fused-ring (bicyclic) bond motifs is 3. The van der Waals surface area contributed by atoms with Crippen LogP contribution in [0.3, 0.4) is 0 Å². The molecule has 5 heteroatoms. The molecule has 0 bridgehead atoms. The number of rotatable bonds is 5. The van der Waals surface area contributed by atoms with Gasteiger partial charge in [0.1, 0.15) is 6.61 Å². The predicted octanol–water partition coefficient (Wildman–Crippen LogP) is 4.42. The molecule has 5 nitrogen and oxygen atoms in total. The Bertz CT molecular complexity index is 871. The molecule has 1 saturated heterocycles. The number of nitrogens with one attached hydrogen (secondary N) is 1. The molecule has 0 atom stereocenters. The number of likely N-dealkylation sites (tertiary alicyclic amines) is 1. The highest BCUT2D eigenvalue weighted by Gasteiger charge is 2.30. The lowest BCUT2D eigenvalue weighted by molar-refractivity contribution is -0.124. The summed E-state index contributed by atoms with van der Waals surface area (Å²) in [6.45, 7) is 6.20. The van der Waals surface area contributed by atoms with Gasteiger partial charge in [-0.1, -0.05) is 62.4 Å². The van der Waals surface area contributed by atoms with Crippen molar-refractivity contribution in [2.24, 2.45) is 11.8 Å². The zero-order valence-electron chi connectivity index (χ0n) is 17.8. The third-order valence-corrected chi connectivity index (χ3v) is 6.30. The number of carbonyl (C=O) groups is 2. The fraction of sp³-hybridized carbons (Fsp3) is 0.440. The molecule has 158 valence electrons. The quantitative estimate of drug-likeness (QED) is 0.800. The van der Waals surface area contributed by atoms with Crippen molar-refractivity contribution in [1.82, 2.24) is 10.2 Å². The predicted molar refractivity (Wildman–Crippen MR) is 117 cm³/mol. The summed E-state index contributed by atoms with van der Waals surface area (Å²) < 4.78 is 5.76. The van der Waals surface area contributed by atoms with Crippen LogP contribution in [-0.2, 0) is 9.53 Å². The lowest BCUT2D eigenvalue weighted by Gasteiger charge is -2.31. The first-order valence-corrected chi connectivity index (χ1v) is 10.9. The molecule has 30 heavy (non-hydrogen) atoms. The monoisotopic (exact) mass is 406 g/mol. The van der Waals surface area contributed by atoms with Crippen molar-refractivity contribution in [1.29, 1.82) is 0 Å². The summed E-state index contributed by atoms with van der Waals surface area (Å²) in [5.41, 5.74) is 4.93. The van der Waals surface area contributed by atoms with Gasteiger partial charge in [-0.3, -0.25) is 4.79 Å². The maximum atomic E-state index is 12.7. The Morgan fingerprint density at radius 2 is 1.57 bits per heavy atom. The first-order valence-electron chi connectivity index (χ1n) is 10.9. The van der Waals surface area contributed by atoms with Crippen molar-refractivity contribution in [3.05, 3.63) is 59.7 Å². The Morgan fingerprint density at radius 3 is 2.13 bits per heavy atom. The van der Waals surface area contributed by atoms with E-state index in [1.54, 1.807) is 4.90 Å². The summed E-state index contributed by atoms with van der Waals surface area (Å²) in [6.07, 6.45) is 1.55. The van der Waals surface area contributed by atoms with Gasteiger partial charge in [0.25, 0.3) is 0 Å². The van der Waals surface area contributed by atoms with Crippen LogP contribution in [0.4, 0.5) is 4.79 Å². The van der Waals surface area contributed by atoms with Crippen molar-refractivity contribution in [3.63, 3.8) is 0 Å². The minimum Gasteiger partial charge on any atom is -0.448 e. The third-order valence-electron chi connectivity index (χ3n) is 6.30. The molecular weight excluding hydrogens is 376 g/mol. The number of hydrogen-bond donors (Lipinski definition) is 1. The fourth-order valence-electron chi connectivity index (χ4n) is 4.45. The first-order chi connectivity index (χ1) is 14.5. The Morgan fingerprint density at radius 1 is 1.00 bits per heavy atom. The molecule has 0 aromatic heterocycles. The van der Waals surface area contributed by atoms with Crippen LogP contribution in [0.1, 0.15) is 43.7 Å². The normalized spacial score (nSPS) is 16.3. The second-order valence-corrected chi connectivity index (χ2v) is 8.63. The van der Waals surface area contributed by atoms with Gasteiger partial charge in [-0.15, -0.1) is 0 Å². The summed E-state index contributed by atoms with van der Waals surface area (Å²) in [5.74, 6) is 0.607. The molecule has 2 aromatic rings. The standard InChI is InChI=1S/C25H30N2O3/c1-17(2)24(28)26-15-18-11-13-27(14-12-18)25(29)30-16-23-21-9-5-3-7-19(21)20-8-4-6-10-22(20)23/h3-10,17-18,23H,11-16H2,1-2H3,(H,26,28). The molecule has 4 rings (SSSR count). The van der Waals surface area contributed by atoms with E-state index < -0.39 is 0 Å². The molecule has 1 fully saturated rings. The average Bonchev–Trinajstić information content (AvgIpc) is 3.10. The highest BCUT2D eigenvalue weighted by molar-refractivity contribution is 5.79. The third kappa shape index (κ3) is 4.20. The van der Waals surface area contributed by atoms with E-state index in [4.69, 9.17) is 4.74 Å². The van der Waals surface area contributed by atoms with Crippen LogP contribution in [0.5, 0.6) is 0 Å². The van der Waals surface area contributed by atoms with E-state index in [1.807, 2.05) is 26.0 Å². The van der Waals surface area contributed by atoms with E-state index >= 15 is 0 Å². The molecule has 0 saturated carbocycles. The Labute approximate surface area is 178 Å². The van der Waals surface area contributed by atoms with E-state index in [0.29, 0.717) is 32.2 Å². The van der Waals surface area contributed by atoms with Crippen LogP contribution < -0.4 is 5.32 Å². The smallest absolute Gasteiger partial charge is 0.409 e. The first kappa shape index (κ1) is 20.5. The molecule has 0 unspecified atom stereocenters. The topological polar surface area (TPSA) is 58.6 Å².